The van der Waals surface area contributed by atoms with Gasteiger partial charge in [0.05, 0.1) is 15.5 Å². The molecule has 1 aromatic heterocycles. The lowest BCUT2D eigenvalue weighted by Crippen LogP contribution is -2.15. The van der Waals surface area contributed by atoms with Crippen LogP contribution in [0.15, 0.2) is 29.2 Å². The van der Waals surface area contributed by atoms with Crippen LogP contribution in [0, 0.1) is 17.0 Å². The number of benzene rings is 1. The van der Waals surface area contributed by atoms with E-state index in [4.69, 9.17) is 5.73 Å². The Morgan fingerprint density at radius 2 is 2.05 bits per heavy atom. The number of nitrogens with two attached hydrogens (primary N) is 1. The smallest absolute Gasteiger partial charge is 0.293 e. The summed E-state index contributed by atoms with van der Waals surface area (Å²) < 4.78 is 28.1. The predicted octanol–water partition coefficient (Wildman–Crippen LogP) is 1.02. The minimum absolute atomic E-state index is 0.102. The first kappa shape index (κ1) is 14.8. The molecule has 1 aromatic carbocycles. The quantitative estimate of drug-likeness (QED) is 0.492. The molecule has 1 heterocycles. The van der Waals surface area contributed by atoms with Crippen molar-refractivity contribution in [2.75, 3.05) is 10.5 Å². The molecule has 0 amide bonds. The highest BCUT2D eigenvalue weighted by Crippen LogP contribution is 2.26. The molecule has 0 bridgehead atoms. The largest absolute Gasteiger partial charge is 0.393 e. The summed E-state index contributed by atoms with van der Waals surface area (Å²) in [6, 6.07) is 4.85. The van der Waals surface area contributed by atoms with Gasteiger partial charge in [-0.25, -0.2) is 8.42 Å². The number of hydrogen-bond acceptors (Lipinski definition) is 6. The van der Waals surface area contributed by atoms with E-state index in [1.807, 2.05) is 0 Å². The summed E-state index contributed by atoms with van der Waals surface area (Å²) in [4.78, 5) is 9.83. The number of rotatable bonds is 4. The summed E-state index contributed by atoms with van der Waals surface area (Å²) in [6.45, 7) is 1.71. The van der Waals surface area contributed by atoms with E-state index in [-0.39, 0.29) is 16.4 Å². The zero-order valence-electron chi connectivity index (χ0n) is 11.3. The molecule has 10 heteroatoms. The second-order valence-corrected chi connectivity index (χ2v) is 6.06. The van der Waals surface area contributed by atoms with Gasteiger partial charge in [0, 0.05) is 19.2 Å². The van der Waals surface area contributed by atoms with Gasteiger partial charge in [-0.2, -0.15) is 5.10 Å². The van der Waals surface area contributed by atoms with E-state index in [9.17, 15) is 18.5 Å². The molecule has 0 aliphatic rings. The first-order chi connectivity index (χ1) is 9.70. The zero-order valence-corrected chi connectivity index (χ0v) is 12.1. The van der Waals surface area contributed by atoms with Crippen molar-refractivity contribution >= 4 is 27.2 Å². The minimum atomic E-state index is -3.97. The van der Waals surface area contributed by atoms with E-state index in [1.165, 1.54) is 16.8 Å². The minimum Gasteiger partial charge on any atom is -0.393 e. The second-order valence-electron chi connectivity index (χ2n) is 4.38. The van der Waals surface area contributed by atoms with Gasteiger partial charge in [-0.05, 0) is 19.1 Å². The fraction of sp³-hybridized carbons (Fsp3) is 0.182. The second kappa shape index (κ2) is 5.05. The summed E-state index contributed by atoms with van der Waals surface area (Å²) in [7, 11) is -2.39. The van der Waals surface area contributed by atoms with Crippen LogP contribution >= 0.6 is 0 Å². The lowest BCUT2D eigenvalue weighted by Gasteiger charge is -2.08. The third-order valence-corrected chi connectivity index (χ3v) is 4.10. The maximum atomic E-state index is 12.2. The highest BCUT2D eigenvalue weighted by Gasteiger charge is 2.21. The maximum absolute atomic E-state index is 12.2. The summed E-state index contributed by atoms with van der Waals surface area (Å²) in [5.41, 5.74) is 5.52. The number of sulfonamides is 1. The standard InChI is InChI=1S/C11H13N5O4S/c1-7-5-11(15(2)13-7)14-21(19,20)8-3-4-9(12)10(6-8)16(17)18/h3-6,14H,12H2,1-2H3. The van der Waals surface area contributed by atoms with E-state index < -0.39 is 20.6 Å². The highest BCUT2D eigenvalue weighted by atomic mass is 32.2. The van der Waals surface area contributed by atoms with Crippen LogP contribution in [0.1, 0.15) is 5.69 Å². The number of nitro benzene ring substituents is 1. The number of nitro groups is 1. The molecule has 0 fully saturated rings. The van der Waals surface area contributed by atoms with Crippen LogP contribution in [0.2, 0.25) is 0 Å². The van der Waals surface area contributed by atoms with Gasteiger partial charge in [0.25, 0.3) is 15.7 Å². The Kier molecular flexibility index (Phi) is 3.56. The average molecular weight is 311 g/mol. The van der Waals surface area contributed by atoms with Crippen LogP contribution in [0.5, 0.6) is 0 Å². The Morgan fingerprint density at radius 3 is 2.57 bits per heavy atom. The van der Waals surface area contributed by atoms with Crippen LogP contribution < -0.4 is 10.5 Å². The lowest BCUT2D eigenvalue weighted by atomic mass is 10.3. The molecule has 0 aliphatic heterocycles. The molecule has 0 saturated heterocycles. The molecule has 21 heavy (non-hydrogen) atoms. The Balaban J connectivity index is 2.42. The molecule has 0 aliphatic carbocycles. The van der Waals surface area contributed by atoms with Crippen LogP contribution in [0.25, 0.3) is 0 Å². The molecule has 2 aromatic rings. The first-order valence-corrected chi connectivity index (χ1v) is 7.26. The van der Waals surface area contributed by atoms with E-state index in [1.54, 1.807) is 20.0 Å². The predicted molar refractivity (Wildman–Crippen MR) is 76.3 cm³/mol. The molecule has 2 rings (SSSR count). The fourth-order valence-corrected chi connectivity index (χ4v) is 2.85. The van der Waals surface area contributed by atoms with Gasteiger partial charge in [0.1, 0.15) is 11.5 Å². The van der Waals surface area contributed by atoms with E-state index >= 15 is 0 Å². The third-order valence-electron chi connectivity index (χ3n) is 2.75. The molecule has 3 N–H and O–H groups in total. The number of hydrogen-bond donors (Lipinski definition) is 2. The molecule has 9 nitrogen and oxygen atoms in total. The Labute approximate surface area is 120 Å². The average Bonchev–Trinajstić information content (AvgIpc) is 2.66. The Hall–Kier alpha value is -2.62. The van der Waals surface area contributed by atoms with Crippen LogP contribution in [0.4, 0.5) is 17.2 Å². The van der Waals surface area contributed by atoms with Crippen molar-refractivity contribution in [1.29, 1.82) is 0 Å². The van der Waals surface area contributed by atoms with Crippen molar-refractivity contribution in [3.8, 4) is 0 Å². The summed E-state index contributed by atoms with van der Waals surface area (Å²) in [6.07, 6.45) is 0. The van der Waals surface area contributed by atoms with E-state index in [0.29, 0.717) is 5.69 Å². The van der Waals surface area contributed by atoms with Crippen molar-refractivity contribution in [1.82, 2.24) is 9.78 Å². The Morgan fingerprint density at radius 1 is 1.38 bits per heavy atom. The number of aromatic nitrogens is 2. The monoisotopic (exact) mass is 311 g/mol. The van der Waals surface area contributed by atoms with Gasteiger partial charge < -0.3 is 5.73 Å². The van der Waals surface area contributed by atoms with Gasteiger partial charge in [-0.15, -0.1) is 0 Å². The highest BCUT2D eigenvalue weighted by molar-refractivity contribution is 7.92. The fourth-order valence-electron chi connectivity index (χ4n) is 1.75. The van der Waals surface area contributed by atoms with Gasteiger partial charge in [-0.1, -0.05) is 0 Å². The zero-order chi connectivity index (χ0) is 15.8. The molecular weight excluding hydrogens is 298 g/mol. The topological polar surface area (TPSA) is 133 Å². The SMILES string of the molecule is Cc1cc(NS(=O)(=O)c2ccc(N)c([N+](=O)[O-])c2)n(C)n1. The van der Waals surface area contributed by atoms with Crippen LogP contribution in [-0.4, -0.2) is 23.1 Å². The van der Waals surface area contributed by atoms with Crippen LogP contribution in [0.3, 0.4) is 0 Å². The number of anilines is 2. The van der Waals surface area contributed by atoms with Crippen molar-refractivity contribution < 1.29 is 13.3 Å². The van der Waals surface area contributed by atoms with Crippen molar-refractivity contribution in [3.05, 3.63) is 40.1 Å². The number of nitrogens with one attached hydrogen (secondary N) is 1. The summed E-state index contributed by atoms with van der Waals surface area (Å²) in [5, 5.41) is 14.8. The lowest BCUT2D eigenvalue weighted by molar-refractivity contribution is -0.384. The number of nitrogen functional groups attached to an aromatic ring is 1. The normalized spacial score (nSPS) is 11.3. The maximum Gasteiger partial charge on any atom is 0.293 e. The number of aryl methyl sites for hydroxylation is 2. The van der Waals surface area contributed by atoms with Crippen molar-refractivity contribution in [3.63, 3.8) is 0 Å². The molecule has 0 atom stereocenters. The van der Waals surface area contributed by atoms with Crippen molar-refractivity contribution in [2.24, 2.45) is 7.05 Å². The molecule has 112 valence electrons. The Bertz CT molecular complexity index is 812. The van der Waals surface area contributed by atoms with Crippen LogP contribution in [-0.2, 0) is 17.1 Å². The molecule has 0 radical (unpaired) electrons. The van der Waals surface area contributed by atoms with Gasteiger partial charge in [0.15, 0.2) is 0 Å². The first-order valence-electron chi connectivity index (χ1n) is 5.78. The van der Waals surface area contributed by atoms with Crippen molar-refractivity contribution in [2.45, 2.75) is 11.8 Å². The van der Waals surface area contributed by atoms with E-state index in [0.717, 1.165) is 6.07 Å². The molecule has 0 unspecified atom stereocenters. The van der Waals surface area contributed by atoms with Gasteiger partial charge in [-0.3, -0.25) is 19.5 Å². The molecule has 0 saturated carbocycles. The molecular formula is C11H13N5O4S. The van der Waals surface area contributed by atoms with Gasteiger partial charge in [0.2, 0.25) is 0 Å². The third kappa shape index (κ3) is 2.94. The van der Waals surface area contributed by atoms with Gasteiger partial charge >= 0.3 is 0 Å². The van der Waals surface area contributed by atoms with E-state index in [2.05, 4.69) is 9.82 Å². The number of nitrogens with zero attached hydrogens (tertiary/aromatic N) is 3. The summed E-state index contributed by atoms with van der Waals surface area (Å²) >= 11 is 0. The summed E-state index contributed by atoms with van der Waals surface area (Å²) in [5.74, 6) is 0.256. The molecule has 0 spiro atoms.